The molecule has 0 aromatic heterocycles. The number of halogens is 7. The van der Waals surface area contributed by atoms with Gasteiger partial charge in [0.1, 0.15) is 5.78 Å². The van der Waals surface area contributed by atoms with Gasteiger partial charge in [0.05, 0.1) is 21.0 Å². The fourth-order valence-corrected chi connectivity index (χ4v) is 4.13. The second kappa shape index (κ2) is 11.0. The molecule has 2 aromatic rings. The molecule has 0 aliphatic heterocycles. The standard InChI is InChI=1S/C22H19BrCl3F3O/c1-2-3-16(30)8-7-14-6-4-13(10-18(14)23)5-9-17(22(27,28)29)15-11-19(24)21(26)20(25)12-15/h4-6,9-12,17H,2-3,7-8H2,1H3/b9-5+. The Morgan fingerprint density at radius 3 is 2.27 bits per heavy atom. The molecule has 0 saturated carbocycles. The van der Waals surface area contributed by atoms with Gasteiger partial charge in [0, 0.05) is 17.3 Å². The van der Waals surface area contributed by atoms with E-state index in [0.29, 0.717) is 24.8 Å². The van der Waals surface area contributed by atoms with Gasteiger partial charge in [-0.3, -0.25) is 4.79 Å². The average molecular weight is 543 g/mol. The zero-order valence-corrected chi connectivity index (χ0v) is 19.9. The third-order valence-corrected chi connectivity index (χ3v) is 6.41. The van der Waals surface area contributed by atoms with Gasteiger partial charge in [0.25, 0.3) is 0 Å². The summed E-state index contributed by atoms with van der Waals surface area (Å²) in [5, 5.41) is -0.0537. The number of carbonyl (C=O) groups is 1. The molecule has 2 rings (SSSR count). The number of allylic oxidation sites excluding steroid dienone is 1. The van der Waals surface area contributed by atoms with Crippen molar-refractivity contribution in [2.75, 3.05) is 0 Å². The van der Waals surface area contributed by atoms with E-state index in [9.17, 15) is 18.0 Å². The van der Waals surface area contributed by atoms with Crippen molar-refractivity contribution in [3.8, 4) is 0 Å². The van der Waals surface area contributed by atoms with Gasteiger partial charge in [-0.1, -0.05) is 81.9 Å². The van der Waals surface area contributed by atoms with Gasteiger partial charge in [-0.15, -0.1) is 0 Å². The quantitative estimate of drug-likeness (QED) is 0.304. The maximum atomic E-state index is 13.6. The number of hydrogen-bond donors (Lipinski definition) is 0. The first-order valence-corrected chi connectivity index (χ1v) is 11.1. The molecule has 8 heteroatoms. The summed E-state index contributed by atoms with van der Waals surface area (Å²) in [6.07, 6.45) is 0.303. The Hall–Kier alpha value is -1.01. The van der Waals surface area contributed by atoms with Crippen LogP contribution in [-0.4, -0.2) is 12.0 Å². The second-order valence-electron chi connectivity index (χ2n) is 6.82. The lowest BCUT2D eigenvalue weighted by Crippen LogP contribution is -2.19. The number of Topliss-reactive ketones (excluding diaryl/α,β-unsaturated/α-hetero) is 1. The van der Waals surface area contributed by atoms with E-state index in [1.165, 1.54) is 18.2 Å². The summed E-state index contributed by atoms with van der Waals surface area (Å²) in [7, 11) is 0. The van der Waals surface area contributed by atoms with Crippen LogP contribution in [0.3, 0.4) is 0 Å². The molecule has 0 radical (unpaired) electrons. The highest BCUT2D eigenvalue weighted by atomic mass is 79.9. The van der Waals surface area contributed by atoms with E-state index in [0.717, 1.165) is 22.5 Å². The van der Waals surface area contributed by atoms with Gasteiger partial charge in [0.2, 0.25) is 0 Å². The van der Waals surface area contributed by atoms with Crippen LogP contribution in [-0.2, 0) is 11.2 Å². The van der Waals surface area contributed by atoms with Crippen LogP contribution in [0.25, 0.3) is 6.08 Å². The van der Waals surface area contributed by atoms with E-state index in [1.54, 1.807) is 12.1 Å². The fraction of sp³-hybridized carbons (Fsp3) is 0.318. The Labute approximate surface area is 197 Å². The van der Waals surface area contributed by atoms with Gasteiger partial charge in [-0.25, -0.2) is 0 Å². The molecule has 0 spiro atoms. The zero-order valence-electron chi connectivity index (χ0n) is 16.0. The normalized spacial score (nSPS) is 13.1. The second-order valence-corrected chi connectivity index (χ2v) is 8.86. The molecule has 0 aliphatic rings. The van der Waals surface area contributed by atoms with Crippen LogP contribution in [0.15, 0.2) is 40.9 Å². The van der Waals surface area contributed by atoms with E-state index in [1.807, 2.05) is 13.0 Å². The molecule has 0 bridgehead atoms. The topological polar surface area (TPSA) is 17.1 Å². The summed E-state index contributed by atoms with van der Waals surface area (Å²) in [6, 6.07) is 7.60. The Bertz CT molecular complexity index is 919. The van der Waals surface area contributed by atoms with Gasteiger partial charge < -0.3 is 0 Å². The smallest absolute Gasteiger partial charge is 0.300 e. The molecule has 0 heterocycles. The Balaban J connectivity index is 2.24. The van der Waals surface area contributed by atoms with Gasteiger partial charge in [-0.2, -0.15) is 13.2 Å². The number of alkyl halides is 3. The first-order chi connectivity index (χ1) is 14.0. The summed E-state index contributed by atoms with van der Waals surface area (Å²) in [5.74, 6) is -1.70. The molecule has 0 amide bonds. The summed E-state index contributed by atoms with van der Waals surface area (Å²) in [4.78, 5) is 11.7. The molecule has 1 nitrogen and oxygen atoms in total. The van der Waals surface area contributed by atoms with Crippen molar-refractivity contribution in [2.45, 2.75) is 44.7 Å². The molecule has 1 atom stereocenters. The number of aryl methyl sites for hydroxylation is 1. The van der Waals surface area contributed by atoms with Crippen LogP contribution in [0.4, 0.5) is 13.2 Å². The summed E-state index contributed by atoms with van der Waals surface area (Å²) in [5.41, 5.74) is 1.43. The fourth-order valence-electron chi connectivity index (χ4n) is 2.92. The van der Waals surface area contributed by atoms with Crippen LogP contribution in [0.5, 0.6) is 0 Å². The van der Waals surface area contributed by atoms with Crippen molar-refractivity contribution in [1.29, 1.82) is 0 Å². The minimum absolute atomic E-state index is 0.0175. The molecule has 0 N–H and O–H groups in total. The van der Waals surface area contributed by atoms with Crippen LogP contribution in [0, 0.1) is 0 Å². The molecule has 1 unspecified atom stereocenters. The van der Waals surface area contributed by atoms with Crippen molar-refractivity contribution in [1.82, 2.24) is 0 Å². The lowest BCUT2D eigenvalue weighted by atomic mass is 9.96. The number of rotatable bonds is 8. The van der Waals surface area contributed by atoms with Crippen molar-refractivity contribution in [2.24, 2.45) is 0 Å². The maximum absolute atomic E-state index is 13.6. The first kappa shape index (κ1) is 25.3. The van der Waals surface area contributed by atoms with Crippen molar-refractivity contribution in [3.05, 3.63) is 72.6 Å². The number of hydrogen-bond acceptors (Lipinski definition) is 1. The lowest BCUT2D eigenvalue weighted by molar-refractivity contribution is -0.139. The monoisotopic (exact) mass is 540 g/mol. The number of carbonyl (C=O) groups excluding carboxylic acids is 1. The Morgan fingerprint density at radius 1 is 1.10 bits per heavy atom. The number of benzene rings is 2. The predicted octanol–water partition coefficient (Wildman–Crippen LogP) is 9.07. The molecular formula is C22H19BrCl3F3O. The van der Waals surface area contributed by atoms with Gasteiger partial charge in [0.15, 0.2) is 0 Å². The van der Waals surface area contributed by atoms with E-state index >= 15 is 0 Å². The molecule has 0 saturated heterocycles. The van der Waals surface area contributed by atoms with E-state index in [4.69, 9.17) is 34.8 Å². The minimum atomic E-state index is -4.53. The third-order valence-electron chi connectivity index (χ3n) is 4.48. The van der Waals surface area contributed by atoms with Gasteiger partial charge in [-0.05, 0) is 47.7 Å². The van der Waals surface area contributed by atoms with Crippen LogP contribution < -0.4 is 0 Å². The van der Waals surface area contributed by atoms with Gasteiger partial charge >= 0.3 is 6.18 Å². The highest BCUT2D eigenvalue weighted by molar-refractivity contribution is 9.10. The highest BCUT2D eigenvalue weighted by Crippen LogP contribution is 2.41. The zero-order chi connectivity index (χ0) is 22.5. The largest absolute Gasteiger partial charge is 0.399 e. The molecular weight excluding hydrogens is 523 g/mol. The molecule has 30 heavy (non-hydrogen) atoms. The van der Waals surface area contributed by atoms with Crippen molar-refractivity contribution in [3.63, 3.8) is 0 Å². The van der Waals surface area contributed by atoms with E-state index < -0.39 is 12.1 Å². The summed E-state index contributed by atoms with van der Waals surface area (Å²) >= 11 is 21.1. The van der Waals surface area contributed by atoms with Crippen LogP contribution in [0.1, 0.15) is 48.8 Å². The molecule has 0 fully saturated rings. The van der Waals surface area contributed by atoms with E-state index in [2.05, 4.69) is 15.9 Å². The molecule has 2 aromatic carbocycles. The van der Waals surface area contributed by atoms with Crippen molar-refractivity contribution < 1.29 is 18.0 Å². The maximum Gasteiger partial charge on any atom is 0.399 e. The minimum Gasteiger partial charge on any atom is -0.300 e. The molecule has 162 valence electrons. The summed E-state index contributed by atoms with van der Waals surface area (Å²) in [6.45, 7) is 1.95. The average Bonchev–Trinajstić information content (AvgIpc) is 2.64. The predicted molar refractivity (Wildman–Crippen MR) is 122 cm³/mol. The lowest BCUT2D eigenvalue weighted by Gasteiger charge is -2.18. The summed E-state index contributed by atoms with van der Waals surface area (Å²) < 4.78 is 41.7. The first-order valence-electron chi connectivity index (χ1n) is 9.22. The SMILES string of the molecule is CCCC(=O)CCc1ccc(/C=C/C(c2cc(Cl)c(Cl)c(Cl)c2)C(F)(F)F)cc1Br. The van der Waals surface area contributed by atoms with E-state index in [-0.39, 0.29) is 26.4 Å². The Morgan fingerprint density at radius 2 is 1.73 bits per heavy atom. The van der Waals surface area contributed by atoms with Crippen LogP contribution >= 0.6 is 50.7 Å². The third kappa shape index (κ3) is 7.01. The molecule has 0 aliphatic carbocycles. The number of ketones is 1. The van der Waals surface area contributed by atoms with Crippen LogP contribution in [0.2, 0.25) is 15.1 Å². The highest BCUT2D eigenvalue weighted by Gasteiger charge is 2.39. The van der Waals surface area contributed by atoms with Crippen molar-refractivity contribution >= 4 is 62.6 Å². The Kier molecular flexibility index (Phi) is 9.29.